The van der Waals surface area contributed by atoms with Crippen molar-refractivity contribution >= 4 is 89.0 Å². The highest BCUT2D eigenvalue weighted by Crippen LogP contribution is 2.30. The molecule has 0 bridgehead atoms. The number of fused-ring (bicyclic) bond motifs is 4. The van der Waals surface area contributed by atoms with Crippen molar-refractivity contribution in [3.05, 3.63) is 144 Å². The van der Waals surface area contributed by atoms with Crippen LogP contribution in [-0.2, 0) is 57.5 Å². The lowest BCUT2D eigenvalue weighted by Crippen LogP contribution is -2.63. The number of benzene rings is 4. The average Bonchev–Trinajstić information content (AvgIpc) is 1.50. The molecule has 9 heterocycles. The lowest BCUT2D eigenvalue weighted by Gasteiger charge is -2.43. The molecule has 9 aliphatic rings. The van der Waals surface area contributed by atoms with Gasteiger partial charge in [-0.25, -0.2) is 24.8 Å². The first kappa shape index (κ1) is 81.7. The molecular weight excluding hydrogens is 1420 g/mol. The maximum absolute atomic E-state index is 13.4. The summed E-state index contributed by atoms with van der Waals surface area (Å²) >= 11 is 0. The number of Topliss-reactive ketones (excluding diaryl/α,β-unsaturated/α-hetero) is 1. The molecule has 0 radical (unpaired) electrons. The molecule has 9 saturated heterocycles. The van der Waals surface area contributed by atoms with Crippen LogP contribution in [-0.4, -0.2) is 258 Å². The Balaban J connectivity index is 0.000000157. The van der Waals surface area contributed by atoms with Crippen molar-refractivity contribution in [2.45, 2.75) is 196 Å². The number of nitrogens with one attached hydrogen (secondary N) is 6. The fraction of sp³-hybridized carbons (Fsp3) is 0.500. The number of hydrogen-bond donors (Lipinski definition) is 8. The van der Waals surface area contributed by atoms with Gasteiger partial charge in [0.2, 0.25) is 11.8 Å². The highest BCUT2D eigenvalue weighted by atomic mass is 16.6. The topological polar surface area (TPSA) is 404 Å². The summed E-state index contributed by atoms with van der Waals surface area (Å²) in [6, 6.07) is 27.8. The second kappa shape index (κ2) is 39.0. The molecule has 0 saturated carbocycles. The molecule has 4 aromatic carbocycles. The monoisotopic (exact) mass is 1520 g/mol. The van der Waals surface area contributed by atoms with Crippen molar-refractivity contribution in [1.82, 2.24) is 72.0 Å². The Hall–Kier alpha value is -10.8. The molecule has 11 atom stereocenters. The summed E-state index contributed by atoms with van der Waals surface area (Å²) in [6.07, 6.45) is 9.75. The Labute approximate surface area is 637 Å². The van der Waals surface area contributed by atoms with Crippen LogP contribution in [0.4, 0.5) is 0 Å². The Bertz CT molecular complexity index is 3860. The van der Waals surface area contributed by atoms with E-state index in [0.717, 1.165) is 51.6 Å². The van der Waals surface area contributed by atoms with Crippen LogP contribution in [0.1, 0.15) is 171 Å². The van der Waals surface area contributed by atoms with Crippen LogP contribution in [0.3, 0.4) is 0 Å². The summed E-state index contributed by atoms with van der Waals surface area (Å²) < 4.78 is 5.12. The predicted octanol–water partition coefficient (Wildman–Crippen LogP) is 2.80. The minimum absolute atomic E-state index is 0.00286. The molecule has 13 rings (SSSR count). The van der Waals surface area contributed by atoms with Crippen LogP contribution >= 0.6 is 0 Å². The average molecular weight is 1520 g/mol. The quantitative estimate of drug-likeness (QED) is 0.0556. The van der Waals surface area contributed by atoms with E-state index >= 15 is 0 Å². The van der Waals surface area contributed by atoms with E-state index in [9.17, 15) is 77.0 Å². The summed E-state index contributed by atoms with van der Waals surface area (Å²) in [5.74, 6) is -5.80. The molecule has 4 aromatic rings. The van der Waals surface area contributed by atoms with Gasteiger partial charge in [0.15, 0.2) is 5.78 Å². The largest absolute Gasteiger partial charge is 0.481 e. The lowest BCUT2D eigenvalue weighted by molar-refractivity contribution is -0.174. The molecule has 588 valence electrons. The molecule has 0 aliphatic carbocycles. The van der Waals surface area contributed by atoms with E-state index in [4.69, 9.17) is 9.84 Å². The fourth-order valence-corrected chi connectivity index (χ4v) is 15.4. The van der Waals surface area contributed by atoms with Crippen LogP contribution in [0.15, 0.2) is 121 Å². The van der Waals surface area contributed by atoms with Crippen LogP contribution in [0.2, 0.25) is 0 Å². The van der Waals surface area contributed by atoms with Gasteiger partial charge in [0, 0.05) is 74.6 Å². The number of amides is 10. The molecule has 0 aromatic heterocycles. The number of rotatable bonds is 17. The smallest absolute Gasteiger partial charge is 0.328 e. The van der Waals surface area contributed by atoms with Crippen molar-refractivity contribution < 1.29 is 86.9 Å². The first-order valence-corrected chi connectivity index (χ1v) is 38.0. The Morgan fingerprint density at radius 2 is 0.709 bits per heavy atom. The molecule has 8 N–H and O–H groups in total. The minimum Gasteiger partial charge on any atom is -0.481 e. The highest BCUT2D eigenvalue weighted by molar-refractivity contribution is 6.02. The molecule has 0 spiro atoms. The van der Waals surface area contributed by atoms with Crippen LogP contribution in [0, 0.1) is 0 Å². The molecular formula is C78H98N14O18. The second-order valence-corrected chi connectivity index (χ2v) is 28.6. The summed E-state index contributed by atoms with van der Waals surface area (Å²) in [6.45, 7) is 8.61. The van der Waals surface area contributed by atoms with E-state index in [-0.39, 0.29) is 71.3 Å². The zero-order chi connectivity index (χ0) is 78.5. The number of carboxylic acid groups (broad SMARTS) is 2. The van der Waals surface area contributed by atoms with Crippen LogP contribution in [0.5, 0.6) is 0 Å². The highest BCUT2D eigenvalue weighted by Gasteiger charge is 2.47. The molecule has 1 unspecified atom stereocenters. The third kappa shape index (κ3) is 20.9. The van der Waals surface area contributed by atoms with E-state index < -0.39 is 90.8 Å². The predicted molar refractivity (Wildman–Crippen MR) is 394 cm³/mol. The minimum atomic E-state index is -1.21. The van der Waals surface area contributed by atoms with E-state index in [1.807, 2.05) is 33.2 Å². The number of nitrogens with zero attached hydrogens (tertiary/aromatic N) is 8. The summed E-state index contributed by atoms with van der Waals surface area (Å²) in [5.41, 5.74) is 1.95. The van der Waals surface area contributed by atoms with Crippen molar-refractivity contribution in [3.63, 3.8) is 0 Å². The number of ketones is 1. The summed E-state index contributed by atoms with van der Waals surface area (Å²) in [4.78, 5) is 185. The molecule has 110 heavy (non-hydrogen) atoms. The molecule has 9 fully saturated rings. The maximum Gasteiger partial charge on any atom is 0.328 e. The van der Waals surface area contributed by atoms with Gasteiger partial charge in [-0.05, 0) is 165 Å². The number of carboxylic acids is 2. The normalized spacial score (nSPS) is 25.4. The van der Waals surface area contributed by atoms with Gasteiger partial charge < -0.3 is 51.6 Å². The number of hydrogen-bond acceptors (Lipinski definition) is 20. The number of esters is 1. The molecule has 32 heteroatoms. The number of carbonyl (C=O) groups excluding carboxylic acids is 13. The maximum atomic E-state index is 13.4. The van der Waals surface area contributed by atoms with E-state index in [2.05, 4.69) is 31.9 Å². The van der Waals surface area contributed by atoms with E-state index in [0.29, 0.717) is 132 Å². The number of hydrazine groups is 4. The Kier molecular flexibility index (Phi) is 29.0. The van der Waals surface area contributed by atoms with E-state index in [1.165, 1.54) is 22.0 Å². The zero-order valence-corrected chi connectivity index (χ0v) is 61.9. The molecule has 10 amide bonds. The van der Waals surface area contributed by atoms with Crippen molar-refractivity contribution in [3.8, 4) is 0 Å². The standard InChI is InChI=1S/C22H28N4O5.C21H26N4O6.C18H23N3O3.C17H21N3O4/c1-14-17(13-19(27)31-14)24-21(29)18-10-6-12-25-11-5-9-16(22(30)26(18)25)23-20(28)15-7-3-2-4-8-15;26-13-15(12-18(27)28)22-20(30)17-9-5-11-24-10-4-8-16(21(31)25(17)24)23-19(29)14-6-2-1-3-7-14;1-13(22)16-10-6-12-20-11-5-9-15(18(24)21(16)20)19-17(23)14-7-3-2-4-8-14;21-15(12-6-2-1-3-7-12)18-13-8-4-10-19-11-5-9-14(17(23)24)20(19)16(13)22/h2-4,7-8,14,16-18H,5-6,9-13H2,1H3,(H,23,28)(H,24,29);1-3,6-7,13,15-17H,4-5,8-12H2,(H,22,30)(H,23,29)(H,27,28);2-4,7-8,15-16H,5-6,9-12H2,1H3,(H,19,23);1-3,6-7,13-14H,4-5,8-11H2,(H,18,21)(H,23,24)/t14?,16-,17-,18-;15-,16-,17-;15-,16-;13-,14-/m0000/s1. The van der Waals surface area contributed by atoms with Gasteiger partial charge in [0.05, 0.1) is 24.9 Å². The second-order valence-electron chi connectivity index (χ2n) is 28.6. The SMILES string of the molecule is CC(=O)[C@@H]1CCCN2CCC[C@H](NC(=O)c3ccccc3)C(=O)N12.CC1OC(=O)C[C@@H]1NC(=O)[C@@H]1CCCN2CCC[C@H](NC(=O)c3ccccc3)C(=O)N12.O=C(N[C@H]1CCCN2CCC[C@@H](C(=O)O)N2C1=O)c1ccccc1.O=C[C@H](CC(=O)O)NC(=O)[C@@H]1CCCN2CCC[C@H](NC(=O)c3ccccc3)C(=O)N12. The first-order chi connectivity index (χ1) is 53.0. The number of aldehydes is 1. The van der Waals surface area contributed by atoms with Crippen LogP contribution in [0.25, 0.3) is 0 Å². The van der Waals surface area contributed by atoms with Gasteiger partial charge in [-0.3, -0.25) is 82.4 Å². The first-order valence-electron chi connectivity index (χ1n) is 38.0. The number of carbonyl (C=O) groups is 15. The zero-order valence-electron chi connectivity index (χ0n) is 61.9. The lowest BCUT2D eigenvalue weighted by atomic mass is 10.0. The van der Waals surface area contributed by atoms with Gasteiger partial charge in [0.1, 0.15) is 60.7 Å². The van der Waals surface area contributed by atoms with Gasteiger partial charge in [0.25, 0.3) is 47.3 Å². The van der Waals surface area contributed by atoms with Gasteiger partial charge in [-0.15, -0.1) is 0 Å². The number of aliphatic carboxylic acids is 2. The molecule has 32 nitrogen and oxygen atoms in total. The Morgan fingerprint density at radius 3 is 1.00 bits per heavy atom. The fourth-order valence-electron chi connectivity index (χ4n) is 15.4. The summed E-state index contributed by atoms with van der Waals surface area (Å²) in [7, 11) is 0. The number of ether oxygens (including phenoxy) is 1. The van der Waals surface area contributed by atoms with Crippen LogP contribution < -0.4 is 31.9 Å². The van der Waals surface area contributed by atoms with Crippen molar-refractivity contribution in [1.29, 1.82) is 0 Å². The third-order valence-electron chi connectivity index (χ3n) is 20.9. The van der Waals surface area contributed by atoms with Gasteiger partial charge in [-0.2, -0.15) is 0 Å². The third-order valence-corrected chi connectivity index (χ3v) is 20.9. The Morgan fingerprint density at radius 1 is 0.418 bits per heavy atom. The van der Waals surface area contributed by atoms with Gasteiger partial charge >= 0.3 is 17.9 Å². The van der Waals surface area contributed by atoms with Crippen molar-refractivity contribution in [2.75, 3.05) is 52.4 Å². The van der Waals surface area contributed by atoms with Gasteiger partial charge in [-0.1, -0.05) is 72.8 Å². The number of cyclic esters (lactones) is 1. The van der Waals surface area contributed by atoms with E-state index in [1.54, 1.807) is 120 Å². The molecule has 9 aliphatic heterocycles. The van der Waals surface area contributed by atoms with Crippen molar-refractivity contribution in [2.24, 2.45) is 0 Å². The summed E-state index contributed by atoms with van der Waals surface area (Å²) in [5, 5.41) is 48.3.